The van der Waals surface area contributed by atoms with E-state index in [0.29, 0.717) is 0 Å². The summed E-state index contributed by atoms with van der Waals surface area (Å²) in [6, 6.07) is 3.98. The zero-order valence-corrected chi connectivity index (χ0v) is 13.0. The third kappa shape index (κ3) is 3.30. The second kappa shape index (κ2) is 6.49. The topological polar surface area (TPSA) is 76.1 Å². The molecule has 0 unspecified atom stereocenters. The molecule has 0 aliphatic heterocycles. The summed E-state index contributed by atoms with van der Waals surface area (Å²) in [4.78, 5) is 15.1. The van der Waals surface area contributed by atoms with Crippen LogP contribution in [0.2, 0.25) is 0 Å². The summed E-state index contributed by atoms with van der Waals surface area (Å²) in [5.41, 5.74) is 0.762. The van der Waals surface area contributed by atoms with Gasteiger partial charge < -0.3 is 5.32 Å². The van der Waals surface area contributed by atoms with Gasteiger partial charge in [0.2, 0.25) is 9.84 Å². The van der Waals surface area contributed by atoms with Crippen LogP contribution in [0, 0.1) is 0 Å². The molecule has 2 aromatic rings. The highest BCUT2D eigenvalue weighted by molar-refractivity contribution is 7.92. The van der Waals surface area contributed by atoms with Gasteiger partial charge in [0.1, 0.15) is 4.88 Å². The SMILES string of the molecule is C[C@H](NC(=O)c1sccc1S(=O)(=O)C(F)F)c1ccncc1. The minimum Gasteiger partial charge on any atom is -0.345 e. The highest BCUT2D eigenvalue weighted by Crippen LogP contribution is 2.27. The van der Waals surface area contributed by atoms with Crippen LogP contribution in [0.25, 0.3) is 0 Å². The first kappa shape index (κ1) is 16.5. The molecule has 0 aliphatic carbocycles. The van der Waals surface area contributed by atoms with Crippen LogP contribution in [0.3, 0.4) is 0 Å². The summed E-state index contributed by atoms with van der Waals surface area (Å²) in [6.07, 6.45) is 3.10. The minimum absolute atomic E-state index is 0.249. The number of amides is 1. The Morgan fingerprint density at radius 3 is 2.50 bits per heavy atom. The maximum atomic E-state index is 12.6. The summed E-state index contributed by atoms with van der Waals surface area (Å²) in [5.74, 6) is -4.27. The van der Waals surface area contributed by atoms with Gasteiger partial charge in [-0.25, -0.2) is 8.42 Å². The molecule has 0 aromatic carbocycles. The number of alkyl halides is 2. The highest BCUT2D eigenvalue weighted by Gasteiger charge is 2.32. The molecule has 118 valence electrons. The number of aromatic nitrogens is 1. The maximum Gasteiger partial charge on any atom is 0.341 e. The number of nitrogens with one attached hydrogen (secondary N) is 1. The number of carbonyl (C=O) groups excluding carboxylic acids is 1. The van der Waals surface area contributed by atoms with E-state index < -0.39 is 32.4 Å². The number of hydrogen-bond acceptors (Lipinski definition) is 5. The van der Waals surface area contributed by atoms with Gasteiger partial charge in [0.05, 0.1) is 10.9 Å². The second-order valence-corrected chi connectivity index (χ2v) is 7.20. The van der Waals surface area contributed by atoms with E-state index in [0.717, 1.165) is 23.0 Å². The minimum atomic E-state index is -4.80. The van der Waals surface area contributed by atoms with Crippen molar-refractivity contribution in [2.75, 3.05) is 0 Å². The monoisotopic (exact) mass is 346 g/mol. The number of carbonyl (C=O) groups is 1. The number of thiophene rings is 1. The Morgan fingerprint density at radius 1 is 1.27 bits per heavy atom. The molecular formula is C13H12F2N2O3S2. The van der Waals surface area contributed by atoms with E-state index in [2.05, 4.69) is 10.3 Å². The lowest BCUT2D eigenvalue weighted by Crippen LogP contribution is -2.27. The molecule has 0 radical (unpaired) electrons. The first-order chi connectivity index (χ1) is 10.3. The van der Waals surface area contributed by atoms with E-state index in [1.807, 2.05) is 0 Å². The molecule has 1 amide bonds. The van der Waals surface area contributed by atoms with Crippen LogP contribution in [0.4, 0.5) is 8.78 Å². The number of halogens is 2. The Kier molecular flexibility index (Phi) is 4.87. The zero-order valence-electron chi connectivity index (χ0n) is 11.4. The normalized spacial score (nSPS) is 13.1. The fraction of sp³-hybridized carbons (Fsp3) is 0.231. The molecule has 5 nitrogen and oxygen atoms in total. The predicted octanol–water partition coefficient (Wildman–Crippen LogP) is 2.63. The largest absolute Gasteiger partial charge is 0.345 e. The van der Waals surface area contributed by atoms with E-state index in [1.165, 1.54) is 5.38 Å². The Morgan fingerprint density at radius 2 is 1.91 bits per heavy atom. The Hall–Kier alpha value is -1.87. The molecule has 0 saturated heterocycles. The Balaban J connectivity index is 2.24. The molecule has 1 atom stereocenters. The molecule has 1 N–H and O–H groups in total. The number of sulfone groups is 1. The number of hydrogen-bond donors (Lipinski definition) is 1. The third-order valence-electron chi connectivity index (χ3n) is 2.93. The summed E-state index contributed by atoms with van der Waals surface area (Å²) in [7, 11) is -4.80. The summed E-state index contributed by atoms with van der Waals surface area (Å²) >= 11 is 0.802. The van der Waals surface area contributed by atoms with Crippen molar-refractivity contribution >= 4 is 27.1 Å². The maximum absolute atomic E-state index is 12.6. The smallest absolute Gasteiger partial charge is 0.341 e. The van der Waals surface area contributed by atoms with Gasteiger partial charge in [0, 0.05) is 12.4 Å². The van der Waals surface area contributed by atoms with Gasteiger partial charge in [0.15, 0.2) is 0 Å². The molecule has 2 aromatic heterocycles. The zero-order chi connectivity index (χ0) is 16.3. The van der Waals surface area contributed by atoms with E-state index in [4.69, 9.17) is 0 Å². The third-order valence-corrected chi connectivity index (χ3v) is 5.39. The fourth-order valence-corrected chi connectivity index (χ4v) is 3.85. The molecule has 2 heterocycles. The lowest BCUT2D eigenvalue weighted by Gasteiger charge is -2.14. The highest BCUT2D eigenvalue weighted by atomic mass is 32.2. The lowest BCUT2D eigenvalue weighted by molar-refractivity contribution is 0.0941. The van der Waals surface area contributed by atoms with Crippen molar-refractivity contribution in [2.24, 2.45) is 0 Å². The van der Waals surface area contributed by atoms with E-state index in [-0.39, 0.29) is 4.88 Å². The van der Waals surface area contributed by atoms with Gasteiger partial charge >= 0.3 is 5.76 Å². The van der Waals surface area contributed by atoms with E-state index in [1.54, 1.807) is 31.5 Å². The van der Waals surface area contributed by atoms with E-state index in [9.17, 15) is 22.0 Å². The van der Waals surface area contributed by atoms with Crippen LogP contribution < -0.4 is 5.32 Å². The fourth-order valence-electron chi connectivity index (χ4n) is 1.78. The van der Waals surface area contributed by atoms with Crippen LogP contribution in [0.15, 0.2) is 40.9 Å². The number of pyridine rings is 1. The van der Waals surface area contributed by atoms with Gasteiger partial charge in [-0.3, -0.25) is 9.78 Å². The van der Waals surface area contributed by atoms with Crippen LogP contribution in [-0.2, 0) is 9.84 Å². The van der Waals surface area contributed by atoms with Gasteiger partial charge in [-0.1, -0.05) is 0 Å². The van der Waals surface area contributed by atoms with Gasteiger partial charge in [0.25, 0.3) is 5.91 Å². The average molecular weight is 346 g/mol. The van der Waals surface area contributed by atoms with Crippen LogP contribution in [0.5, 0.6) is 0 Å². The standard InChI is InChI=1S/C13H12F2N2O3S2/c1-8(9-2-5-16-6-3-9)17-12(18)11-10(4-7-21-11)22(19,20)13(14)15/h2-8,13H,1H3,(H,17,18)/t8-/m0/s1. The van der Waals surface area contributed by atoms with Gasteiger partial charge in [-0.2, -0.15) is 8.78 Å². The molecule has 9 heteroatoms. The predicted molar refractivity (Wildman–Crippen MR) is 77.6 cm³/mol. The van der Waals surface area contributed by atoms with Crippen molar-refractivity contribution in [3.05, 3.63) is 46.4 Å². The van der Waals surface area contributed by atoms with Gasteiger partial charge in [-0.15, -0.1) is 11.3 Å². The molecular weight excluding hydrogens is 334 g/mol. The van der Waals surface area contributed by atoms with Crippen LogP contribution in [0.1, 0.15) is 28.2 Å². The molecule has 0 bridgehead atoms. The van der Waals surface area contributed by atoms with Crippen LogP contribution >= 0.6 is 11.3 Å². The lowest BCUT2D eigenvalue weighted by atomic mass is 10.1. The summed E-state index contributed by atoms with van der Waals surface area (Å²) in [5, 5.41) is 3.88. The molecule has 2 rings (SSSR count). The number of nitrogens with zero attached hydrogens (tertiary/aromatic N) is 1. The summed E-state index contributed by atoms with van der Waals surface area (Å²) in [6.45, 7) is 1.70. The van der Waals surface area contributed by atoms with Crippen molar-refractivity contribution in [1.82, 2.24) is 10.3 Å². The summed E-state index contributed by atoms with van der Waals surface area (Å²) < 4.78 is 48.3. The molecule has 22 heavy (non-hydrogen) atoms. The molecule has 0 aliphatic rings. The molecule has 0 spiro atoms. The molecule has 0 fully saturated rings. The second-order valence-electron chi connectivity index (χ2n) is 4.40. The number of rotatable bonds is 5. The van der Waals surface area contributed by atoms with Crippen molar-refractivity contribution in [1.29, 1.82) is 0 Å². The Labute approximate surface area is 129 Å². The van der Waals surface area contributed by atoms with Crippen molar-refractivity contribution in [3.63, 3.8) is 0 Å². The van der Waals surface area contributed by atoms with Crippen molar-refractivity contribution in [2.45, 2.75) is 23.6 Å². The van der Waals surface area contributed by atoms with Crippen LogP contribution in [-0.4, -0.2) is 25.1 Å². The Bertz CT molecular complexity index is 761. The average Bonchev–Trinajstić information content (AvgIpc) is 2.98. The van der Waals surface area contributed by atoms with Gasteiger partial charge in [-0.05, 0) is 36.1 Å². The first-order valence-electron chi connectivity index (χ1n) is 6.14. The molecule has 0 saturated carbocycles. The van der Waals surface area contributed by atoms with E-state index >= 15 is 0 Å². The first-order valence-corrected chi connectivity index (χ1v) is 8.57. The quantitative estimate of drug-likeness (QED) is 0.903. The van der Waals surface area contributed by atoms with Crippen molar-refractivity contribution in [3.8, 4) is 0 Å². The van der Waals surface area contributed by atoms with Crippen molar-refractivity contribution < 1.29 is 22.0 Å².